The minimum absolute atomic E-state index is 0.124. The minimum atomic E-state index is -0.383. The maximum Gasteiger partial charge on any atom is 0.262 e. The standard InChI is InChI=1S/C20H19ClN4O2S/c1-12-2-7-15-16(8-12)28-19-18(15)20(27)25(11-22-19)10-17(26)24-23-9-13-3-5-14(21)6-4-13/h3-6,9,11-12H,2,7-8,10H2,1H3,(H,24,26)/b23-9-/t12-/m1/s1. The molecule has 6 nitrogen and oxygen atoms in total. The molecule has 28 heavy (non-hydrogen) atoms. The fraction of sp³-hybridized carbons (Fsp3) is 0.300. The molecule has 0 aliphatic heterocycles. The third-order valence-corrected chi connectivity index (χ3v) is 6.28. The summed E-state index contributed by atoms with van der Waals surface area (Å²) in [5.74, 6) is 0.248. The predicted molar refractivity (Wildman–Crippen MR) is 112 cm³/mol. The van der Waals surface area contributed by atoms with Gasteiger partial charge in [0.05, 0.1) is 17.9 Å². The molecule has 0 saturated carbocycles. The van der Waals surface area contributed by atoms with E-state index in [1.54, 1.807) is 35.6 Å². The normalized spacial score (nSPS) is 16.4. The second-order valence-corrected chi connectivity index (χ2v) is 8.57. The van der Waals surface area contributed by atoms with Crippen LogP contribution < -0.4 is 11.0 Å². The Kier molecular flexibility index (Phi) is 5.28. The van der Waals surface area contributed by atoms with Crippen molar-refractivity contribution >= 4 is 45.3 Å². The summed E-state index contributed by atoms with van der Waals surface area (Å²) in [6, 6.07) is 7.07. The Morgan fingerprint density at radius 2 is 2.21 bits per heavy atom. The third-order valence-electron chi connectivity index (χ3n) is 4.87. The van der Waals surface area contributed by atoms with E-state index in [2.05, 4.69) is 22.4 Å². The lowest BCUT2D eigenvalue weighted by molar-refractivity contribution is -0.121. The molecule has 1 amide bonds. The number of aromatic nitrogens is 2. The molecule has 0 saturated heterocycles. The Balaban J connectivity index is 1.50. The molecule has 1 N–H and O–H groups in total. The van der Waals surface area contributed by atoms with Gasteiger partial charge in [0.25, 0.3) is 11.5 Å². The first-order valence-corrected chi connectivity index (χ1v) is 10.3. The van der Waals surface area contributed by atoms with Gasteiger partial charge in [0.1, 0.15) is 11.4 Å². The monoisotopic (exact) mass is 414 g/mol. The quantitative estimate of drug-likeness (QED) is 0.525. The van der Waals surface area contributed by atoms with Crippen LogP contribution in [0.3, 0.4) is 0 Å². The van der Waals surface area contributed by atoms with E-state index >= 15 is 0 Å². The summed E-state index contributed by atoms with van der Waals surface area (Å²) < 4.78 is 1.35. The lowest BCUT2D eigenvalue weighted by Gasteiger charge is -2.17. The van der Waals surface area contributed by atoms with Crippen LogP contribution in [0.4, 0.5) is 0 Å². The average molecular weight is 415 g/mol. The van der Waals surface area contributed by atoms with Crippen LogP contribution in [0.5, 0.6) is 0 Å². The zero-order valence-corrected chi connectivity index (χ0v) is 16.9. The van der Waals surface area contributed by atoms with Crippen molar-refractivity contribution in [2.45, 2.75) is 32.7 Å². The number of rotatable bonds is 4. The topological polar surface area (TPSA) is 76.3 Å². The number of thiophene rings is 1. The predicted octanol–water partition coefficient (Wildman–Crippen LogP) is 3.39. The van der Waals surface area contributed by atoms with Crippen LogP contribution >= 0.6 is 22.9 Å². The highest BCUT2D eigenvalue weighted by molar-refractivity contribution is 7.18. The van der Waals surface area contributed by atoms with Crippen LogP contribution in [0.2, 0.25) is 5.02 Å². The number of benzene rings is 1. The van der Waals surface area contributed by atoms with Crippen molar-refractivity contribution in [3.05, 3.63) is 62.0 Å². The summed E-state index contributed by atoms with van der Waals surface area (Å²) >= 11 is 7.43. The summed E-state index contributed by atoms with van der Waals surface area (Å²) in [5.41, 5.74) is 4.21. The van der Waals surface area contributed by atoms with E-state index in [4.69, 9.17) is 11.6 Å². The van der Waals surface area contributed by atoms with Crippen molar-refractivity contribution in [3.8, 4) is 0 Å². The second-order valence-electron chi connectivity index (χ2n) is 7.05. The SMILES string of the molecule is C[C@@H]1CCc2c(sc3ncn(CC(=O)N/N=C\c4ccc(Cl)cc4)c(=O)c23)C1. The van der Waals surface area contributed by atoms with Crippen molar-refractivity contribution in [3.63, 3.8) is 0 Å². The Labute approximate surface area is 170 Å². The van der Waals surface area contributed by atoms with E-state index in [1.807, 2.05) is 0 Å². The molecule has 1 aliphatic rings. The molecule has 1 aliphatic carbocycles. The number of halogens is 1. The third kappa shape index (κ3) is 3.86. The van der Waals surface area contributed by atoms with Gasteiger partial charge in [-0.2, -0.15) is 5.10 Å². The molecule has 144 valence electrons. The van der Waals surface area contributed by atoms with Gasteiger partial charge in [0, 0.05) is 9.90 Å². The van der Waals surface area contributed by atoms with Crippen LogP contribution in [0.15, 0.2) is 40.5 Å². The highest BCUT2D eigenvalue weighted by atomic mass is 35.5. The molecular weight excluding hydrogens is 396 g/mol. The molecular formula is C20H19ClN4O2S. The number of hydrogen-bond acceptors (Lipinski definition) is 5. The first-order valence-electron chi connectivity index (χ1n) is 9.08. The van der Waals surface area contributed by atoms with Gasteiger partial charge in [-0.1, -0.05) is 30.7 Å². The van der Waals surface area contributed by atoms with Crippen LogP contribution in [0.1, 0.15) is 29.3 Å². The highest BCUT2D eigenvalue weighted by Gasteiger charge is 2.23. The van der Waals surface area contributed by atoms with E-state index in [1.165, 1.54) is 22.0 Å². The van der Waals surface area contributed by atoms with Gasteiger partial charge in [0.15, 0.2) is 0 Å². The number of amides is 1. The number of hydrazone groups is 1. The van der Waals surface area contributed by atoms with Crippen molar-refractivity contribution in [2.75, 3.05) is 0 Å². The molecule has 0 spiro atoms. The van der Waals surface area contributed by atoms with Crippen LogP contribution in [-0.4, -0.2) is 21.7 Å². The molecule has 3 aromatic rings. The fourth-order valence-electron chi connectivity index (χ4n) is 3.40. The van der Waals surface area contributed by atoms with E-state index < -0.39 is 0 Å². The summed E-state index contributed by atoms with van der Waals surface area (Å²) in [7, 11) is 0. The number of fused-ring (bicyclic) bond motifs is 3. The maximum absolute atomic E-state index is 12.9. The lowest BCUT2D eigenvalue weighted by Crippen LogP contribution is -2.30. The summed E-state index contributed by atoms with van der Waals surface area (Å²) in [4.78, 5) is 31.5. The number of hydrogen-bond donors (Lipinski definition) is 1. The van der Waals surface area contributed by atoms with E-state index in [9.17, 15) is 9.59 Å². The van der Waals surface area contributed by atoms with E-state index in [-0.39, 0.29) is 18.0 Å². The smallest absolute Gasteiger partial charge is 0.262 e. The van der Waals surface area contributed by atoms with Gasteiger partial charge in [-0.05, 0) is 48.4 Å². The molecule has 0 fully saturated rings. The zero-order valence-electron chi connectivity index (χ0n) is 15.3. The summed E-state index contributed by atoms with van der Waals surface area (Å²) in [6.07, 6.45) is 5.94. The summed E-state index contributed by atoms with van der Waals surface area (Å²) in [5, 5.41) is 5.23. The molecule has 0 radical (unpaired) electrons. The number of carbonyl (C=O) groups excluding carboxylic acids is 1. The van der Waals surface area contributed by atoms with Crippen molar-refractivity contribution in [1.29, 1.82) is 0 Å². The van der Waals surface area contributed by atoms with Gasteiger partial charge in [-0.3, -0.25) is 14.2 Å². The molecule has 4 rings (SSSR count). The van der Waals surface area contributed by atoms with Gasteiger partial charge in [-0.25, -0.2) is 10.4 Å². The molecule has 2 aromatic heterocycles. The molecule has 1 atom stereocenters. The van der Waals surface area contributed by atoms with Crippen molar-refractivity contribution in [2.24, 2.45) is 11.0 Å². The largest absolute Gasteiger partial charge is 0.289 e. The van der Waals surface area contributed by atoms with E-state index in [0.717, 1.165) is 35.2 Å². The molecule has 0 unspecified atom stereocenters. The fourth-order valence-corrected chi connectivity index (χ4v) is 4.86. The van der Waals surface area contributed by atoms with Crippen molar-refractivity contribution < 1.29 is 4.79 Å². The molecule has 2 heterocycles. The van der Waals surface area contributed by atoms with Crippen LogP contribution in [-0.2, 0) is 24.2 Å². The Hall–Kier alpha value is -2.51. The molecule has 0 bridgehead atoms. The van der Waals surface area contributed by atoms with Gasteiger partial charge >= 0.3 is 0 Å². The van der Waals surface area contributed by atoms with Crippen LogP contribution in [0.25, 0.3) is 10.2 Å². The highest BCUT2D eigenvalue weighted by Crippen LogP contribution is 2.35. The van der Waals surface area contributed by atoms with Crippen LogP contribution in [0, 0.1) is 5.92 Å². The summed E-state index contributed by atoms with van der Waals surface area (Å²) in [6.45, 7) is 2.11. The Bertz CT molecular complexity index is 1120. The van der Waals surface area contributed by atoms with Gasteiger partial charge < -0.3 is 0 Å². The first-order chi connectivity index (χ1) is 13.5. The molecule has 8 heteroatoms. The van der Waals surface area contributed by atoms with E-state index in [0.29, 0.717) is 16.3 Å². The number of nitrogens with zero attached hydrogens (tertiary/aromatic N) is 3. The van der Waals surface area contributed by atoms with Gasteiger partial charge in [0.2, 0.25) is 0 Å². The average Bonchev–Trinajstić information content (AvgIpc) is 3.04. The second kappa shape index (κ2) is 7.85. The first kappa shape index (κ1) is 18.8. The lowest BCUT2D eigenvalue weighted by atomic mass is 9.89. The number of aryl methyl sites for hydroxylation is 1. The Morgan fingerprint density at radius 3 is 3.00 bits per heavy atom. The Morgan fingerprint density at radius 1 is 1.43 bits per heavy atom. The molecule has 1 aromatic carbocycles. The van der Waals surface area contributed by atoms with Gasteiger partial charge in [-0.15, -0.1) is 11.3 Å². The number of nitrogens with one attached hydrogen (secondary N) is 1. The minimum Gasteiger partial charge on any atom is -0.289 e. The number of carbonyl (C=O) groups is 1. The zero-order chi connectivity index (χ0) is 19.7. The van der Waals surface area contributed by atoms with Crippen molar-refractivity contribution in [1.82, 2.24) is 15.0 Å². The maximum atomic E-state index is 12.9.